The van der Waals surface area contributed by atoms with Crippen LogP contribution in [-0.2, 0) is 0 Å². The van der Waals surface area contributed by atoms with E-state index in [-0.39, 0.29) is 0 Å². The van der Waals surface area contributed by atoms with Crippen LogP contribution in [-0.4, -0.2) is 37.2 Å². The molecule has 0 saturated carbocycles. The van der Waals surface area contributed by atoms with Gasteiger partial charge in [0.25, 0.3) is 0 Å². The van der Waals surface area contributed by atoms with E-state index in [0.717, 1.165) is 25.1 Å². The third kappa shape index (κ3) is 4.58. The molecule has 5 nitrogen and oxygen atoms in total. The number of anilines is 1. The number of guanidine groups is 1. The Hall–Kier alpha value is -1.85. The van der Waals surface area contributed by atoms with Crippen LogP contribution in [0.25, 0.3) is 0 Å². The lowest BCUT2D eigenvalue weighted by atomic mass is 10.0. The van der Waals surface area contributed by atoms with Gasteiger partial charge < -0.3 is 21.3 Å². The van der Waals surface area contributed by atoms with Gasteiger partial charge in [-0.1, -0.05) is 18.2 Å². The number of benzene rings is 1. The van der Waals surface area contributed by atoms with Gasteiger partial charge in [-0.2, -0.15) is 0 Å². The molecule has 1 heterocycles. The number of nitrogens with two attached hydrogens (primary N) is 1. The molecular formula is C16H25N5. The highest BCUT2D eigenvalue weighted by atomic mass is 15.2. The summed E-state index contributed by atoms with van der Waals surface area (Å²) in [5, 5.41) is 6.42. The molecule has 4 N–H and O–H groups in total. The van der Waals surface area contributed by atoms with Crippen molar-refractivity contribution in [2.24, 2.45) is 10.7 Å². The summed E-state index contributed by atoms with van der Waals surface area (Å²) in [4.78, 5) is 6.77. The summed E-state index contributed by atoms with van der Waals surface area (Å²) in [7, 11) is 4.13. The zero-order valence-corrected chi connectivity index (χ0v) is 13.1. The zero-order valence-electron chi connectivity index (χ0n) is 13.1. The number of para-hydroxylation sites is 1. The molecule has 1 aliphatic rings. The predicted molar refractivity (Wildman–Crippen MR) is 89.2 cm³/mol. The first-order valence-electron chi connectivity index (χ1n) is 7.29. The van der Waals surface area contributed by atoms with E-state index >= 15 is 0 Å². The zero-order chi connectivity index (χ0) is 15.3. The van der Waals surface area contributed by atoms with E-state index in [4.69, 9.17) is 5.73 Å². The molecule has 2 rings (SSSR count). The number of aliphatic imine (C=N–C) groups is 1. The standard InChI is InChI=1S/C16H25N5/c1-13-7-4-5-8-14(13)19-15-18-11-10-16(17,20-15)9-6-12-21(2)3/h4-5,7-8,10-11H,6,9,12,17H2,1-3H3,(H2,18,19,20). The van der Waals surface area contributed by atoms with Gasteiger partial charge in [0.1, 0.15) is 5.66 Å². The van der Waals surface area contributed by atoms with Crippen molar-refractivity contribution in [2.45, 2.75) is 25.4 Å². The topological polar surface area (TPSA) is 65.7 Å². The van der Waals surface area contributed by atoms with E-state index < -0.39 is 5.66 Å². The summed E-state index contributed by atoms with van der Waals surface area (Å²) < 4.78 is 0. The fourth-order valence-electron chi connectivity index (χ4n) is 2.27. The highest BCUT2D eigenvalue weighted by molar-refractivity contribution is 5.95. The minimum absolute atomic E-state index is 0.633. The van der Waals surface area contributed by atoms with Gasteiger partial charge in [-0.3, -0.25) is 0 Å². The first-order chi connectivity index (χ1) is 9.98. The van der Waals surface area contributed by atoms with Gasteiger partial charge in [-0.05, 0) is 58.1 Å². The molecule has 0 aromatic heterocycles. The molecule has 0 amide bonds. The van der Waals surface area contributed by atoms with Crippen LogP contribution in [0.5, 0.6) is 0 Å². The van der Waals surface area contributed by atoms with Crippen LogP contribution in [0, 0.1) is 6.92 Å². The SMILES string of the molecule is Cc1ccccc1NC1=NC(N)(CCCN(C)C)C=CN1. The Balaban J connectivity index is 2.02. The molecule has 1 aliphatic heterocycles. The monoisotopic (exact) mass is 287 g/mol. The van der Waals surface area contributed by atoms with E-state index in [1.165, 1.54) is 5.56 Å². The molecule has 0 saturated heterocycles. The van der Waals surface area contributed by atoms with Crippen LogP contribution in [0.1, 0.15) is 18.4 Å². The third-order valence-corrected chi connectivity index (χ3v) is 3.49. The summed E-state index contributed by atoms with van der Waals surface area (Å²) in [5.74, 6) is 0.694. The maximum Gasteiger partial charge on any atom is 0.202 e. The van der Waals surface area contributed by atoms with Gasteiger partial charge in [-0.25, -0.2) is 4.99 Å². The lowest BCUT2D eigenvalue weighted by Gasteiger charge is -2.27. The van der Waals surface area contributed by atoms with Crippen LogP contribution in [0.3, 0.4) is 0 Å². The van der Waals surface area contributed by atoms with E-state index in [1.807, 2.05) is 30.5 Å². The molecule has 0 bridgehead atoms. The molecule has 0 radical (unpaired) electrons. The van der Waals surface area contributed by atoms with Crippen LogP contribution in [0.15, 0.2) is 41.5 Å². The highest BCUT2D eigenvalue weighted by Crippen LogP contribution is 2.18. The van der Waals surface area contributed by atoms with E-state index in [2.05, 4.69) is 47.6 Å². The number of nitrogens with one attached hydrogen (secondary N) is 2. The minimum atomic E-state index is -0.633. The van der Waals surface area contributed by atoms with Crippen molar-refractivity contribution in [3.8, 4) is 0 Å². The Kier molecular flexibility index (Phi) is 4.98. The molecule has 114 valence electrons. The van der Waals surface area contributed by atoms with Gasteiger partial charge in [0.2, 0.25) is 5.96 Å². The molecule has 21 heavy (non-hydrogen) atoms. The molecule has 1 aromatic rings. The molecule has 5 heteroatoms. The molecule has 0 spiro atoms. The van der Waals surface area contributed by atoms with Crippen molar-refractivity contribution < 1.29 is 0 Å². The normalized spacial score (nSPS) is 21.1. The molecule has 1 unspecified atom stereocenters. The van der Waals surface area contributed by atoms with Crippen molar-refractivity contribution in [3.05, 3.63) is 42.1 Å². The van der Waals surface area contributed by atoms with Gasteiger partial charge in [-0.15, -0.1) is 0 Å². The Morgan fingerprint density at radius 3 is 2.81 bits per heavy atom. The lowest BCUT2D eigenvalue weighted by Crippen LogP contribution is -2.44. The maximum absolute atomic E-state index is 6.35. The number of hydrogen-bond donors (Lipinski definition) is 3. The number of nitrogens with zero attached hydrogens (tertiary/aromatic N) is 2. The largest absolute Gasteiger partial charge is 0.333 e. The second-order valence-corrected chi connectivity index (χ2v) is 5.78. The average molecular weight is 287 g/mol. The summed E-state index contributed by atoms with van der Waals surface area (Å²) in [5.41, 5.74) is 7.93. The summed E-state index contributed by atoms with van der Waals surface area (Å²) in [6.45, 7) is 3.07. The van der Waals surface area contributed by atoms with Gasteiger partial charge in [0.05, 0.1) is 0 Å². The van der Waals surface area contributed by atoms with Gasteiger partial charge in [0, 0.05) is 11.9 Å². The second-order valence-electron chi connectivity index (χ2n) is 5.78. The van der Waals surface area contributed by atoms with Crippen LogP contribution in [0.4, 0.5) is 5.69 Å². The smallest absolute Gasteiger partial charge is 0.202 e. The van der Waals surface area contributed by atoms with Gasteiger partial charge >= 0.3 is 0 Å². The summed E-state index contributed by atoms with van der Waals surface area (Å²) >= 11 is 0. The predicted octanol–water partition coefficient (Wildman–Crippen LogP) is 1.88. The Morgan fingerprint density at radius 2 is 2.10 bits per heavy atom. The summed E-state index contributed by atoms with van der Waals surface area (Å²) in [6, 6.07) is 8.11. The summed E-state index contributed by atoms with van der Waals surface area (Å²) in [6.07, 6.45) is 5.62. The molecular weight excluding hydrogens is 262 g/mol. The van der Waals surface area contributed by atoms with Crippen LogP contribution >= 0.6 is 0 Å². The van der Waals surface area contributed by atoms with Crippen molar-refractivity contribution in [1.82, 2.24) is 10.2 Å². The quantitative estimate of drug-likeness (QED) is 0.773. The number of rotatable bonds is 5. The Bertz CT molecular complexity index is 535. The fraction of sp³-hybridized carbons (Fsp3) is 0.438. The highest BCUT2D eigenvalue weighted by Gasteiger charge is 2.23. The van der Waals surface area contributed by atoms with Crippen molar-refractivity contribution in [2.75, 3.05) is 26.0 Å². The Labute approximate surface area is 126 Å². The van der Waals surface area contributed by atoms with Gasteiger partial charge in [0.15, 0.2) is 0 Å². The molecule has 1 atom stereocenters. The molecule has 0 aliphatic carbocycles. The Morgan fingerprint density at radius 1 is 1.33 bits per heavy atom. The van der Waals surface area contributed by atoms with Crippen molar-refractivity contribution in [1.29, 1.82) is 0 Å². The number of hydrogen-bond acceptors (Lipinski definition) is 5. The second kappa shape index (κ2) is 6.74. The molecule has 1 aromatic carbocycles. The average Bonchev–Trinajstić information content (AvgIpc) is 2.41. The lowest BCUT2D eigenvalue weighted by molar-refractivity contribution is 0.367. The van der Waals surface area contributed by atoms with Crippen molar-refractivity contribution >= 4 is 11.6 Å². The number of aryl methyl sites for hydroxylation is 1. The van der Waals surface area contributed by atoms with E-state index in [0.29, 0.717) is 5.96 Å². The minimum Gasteiger partial charge on any atom is -0.333 e. The first kappa shape index (κ1) is 15.5. The molecule has 0 fully saturated rings. The fourth-order valence-corrected chi connectivity index (χ4v) is 2.27. The first-order valence-corrected chi connectivity index (χ1v) is 7.29. The maximum atomic E-state index is 6.35. The van der Waals surface area contributed by atoms with Crippen LogP contribution in [0.2, 0.25) is 0 Å². The van der Waals surface area contributed by atoms with Crippen molar-refractivity contribution in [3.63, 3.8) is 0 Å². The van der Waals surface area contributed by atoms with Crippen LogP contribution < -0.4 is 16.4 Å². The van der Waals surface area contributed by atoms with E-state index in [1.54, 1.807) is 0 Å². The third-order valence-electron chi connectivity index (χ3n) is 3.49. The van der Waals surface area contributed by atoms with E-state index in [9.17, 15) is 0 Å².